The van der Waals surface area contributed by atoms with Gasteiger partial charge in [0.1, 0.15) is 11.5 Å². The van der Waals surface area contributed by atoms with Crippen molar-refractivity contribution < 1.29 is 14.1 Å². The Morgan fingerprint density at radius 1 is 1.43 bits per heavy atom. The predicted octanol–water partition coefficient (Wildman–Crippen LogP) is 2.45. The van der Waals surface area contributed by atoms with Gasteiger partial charge in [-0.25, -0.2) is 4.39 Å². The zero-order chi connectivity index (χ0) is 15.2. The molecule has 0 saturated carbocycles. The Bertz CT molecular complexity index is 530. The molecule has 0 aromatic heterocycles. The number of piperidine rings is 1. The number of carbonyl (C=O) groups excluding carboxylic acids is 1. The fourth-order valence-electron chi connectivity index (χ4n) is 2.48. The summed E-state index contributed by atoms with van der Waals surface area (Å²) in [6, 6.07) is 3.12. The third-order valence-electron chi connectivity index (χ3n) is 3.67. The van der Waals surface area contributed by atoms with Crippen molar-refractivity contribution in [3.63, 3.8) is 0 Å². The third kappa shape index (κ3) is 4.49. The number of amides is 1. The fraction of sp³-hybridized carbons (Fsp3) is 0.500. The van der Waals surface area contributed by atoms with Crippen molar-refractivity contribution in [2.45, 2.75) is 25.7 Å². The zero-order valence-corrected chi connectivity index (χ0v) is 11.6. The second-order valence-corrected chi connectivity index (χ2v) is 5.20. The van der Waals surface area contributed by atoms with Crippen LogP contribution in [-0.4, -0.2) is 23.9 Å². The van der Waals surface area contributed by atoms with Crippen molar-refractivity contribution in [2.75, 3.05) is 18.4 Å². The van der Waals surface area contributed by atoms with Gasteiger partial charge in [0.25, 0.3) is 5.69 Å². The standard InChI is InChI=1S/C14H18FN3O3/c15-11-2-3-12(13(9-11)18(20)21)17-14(19)4-1-10-5-7-16-8-6-10/h2-3,9-10,16H,1,4-8H2,(H,17,19). The predicted molar refractivity (Wildman–Crippen MR) is 76.5 cm³/mol. The third-order valence-corrected chi connectivity index (χ3v) is 3.67. The van der Waals surface area contributed by atoms with E-state index in [2.05, 4.69) is 10.6 Å². The summed E-state index contributed by atoms with van der Waals surface area (Å²) >= 11 is 0. The van der Waals surface area contributed by atoms with E-state index in [1.165, 1.54) is 6.07 Å². The van der Waals surface area contributed by atoms with Crippen molar-refractivity contribution in [1.29, 1.82) is 0 Å². The van der Waals surface area contributed by atoms with Crippen LogP contribution in [0.5, 0.6) is 0 Å². The number of nitro groups is 1. The summed E-state index contributed by atoms with van der Waals surface area (Å²) in [5.41, 5.74) is -0.387. The van der Waals surface area contributed by atoms with Crippen molar-refractivity contribution in [3.05, 3.63) is 34.1 Å². The van der Waals surface area contributed by atoms with E-state index in [1.54, 1.807) is 0 Å². The molecule has 0 radical (unpaired) electrons. The van der Waals surface area contributed by atoms with Gasteiger partial charge in [0.05, 0.1) is 11.0 Å². The molecule has 2 rings (SSSR count). The van der Waals surface area contributed by atoms with Gasteiger partial charge in [-0.3, -0.25) is 14.9 Å². The molecular formula is C14H18FN3O3. The van der Waals surface area contributed by atoms with Gasteiger partial charge in [0.15, 0.2) is 0 Å². The van der Waals surface area contributed by atoms with Gasteiger partial charge in [0.2, 0.25) is 5.91 Å². The molecular weight excluding hydrogens is 277 g/mol. The monoisotopic (exact) mass is 295 g/mol. The number of nitrogens with one attached hydrogen (secondary N) is 2. The molecule has 1 aliphatic rings. The topological polar surface area (TPSA) is 84.3 Å². The Kier molecular flexibility index (Phi) is 5.21. The minimum atomic E-state index is -0.703. The van der Waals surface area contributed by atoms with E-state index in [-0.39, 0.29) is 11.6 Å². The fourth-order valence-corrected chi connectivity index (χ4v) is 2.48. The van der Waals surface area contributed by atoms with E-state index in [4.69, 9.17) is 0 Å². The van der Waals surface area contributed by atoms with Gasteiger partial charge in [-0.2, -0.15) is 0 Å². The summed E-state index contributed by atoms with van der Waals surface area (Å²) in [5.74, 6) is -0.460. The summed E-state index contributed by atoms with van der Waals surface area (Å²) < 4.78 is 13.0. The lowest BCUT2D eigenvalue weighted by atomic mass is 9.93. The first kappa shape index (κ1) is 15.4. The maximum Gasteiger partial charge on any atom is 0.295 e. The Balaban J connectivity index is 1.91. The van der Waals surface area contributed by atoms with Crippen LogP contribution in [0.15, 0.2) is 18.2 Å². The van der Waals surface area contributed by atoms with E-state index in [1.807, 2.05) is 0 Å². The molecule has 0 bridgehead atoms. The molecule has 0 spiro atoms. The average Bonchev–Trinajstić information content (AvgIpc) is 2.48. The first-order valence-electron chi connectivity index (χ1n) is 7.01. The van der Waals surface area contributed by atoms with Crippen LogP contribution >= 0.6 is 0 Å². The first-order valence-corrected chi connectivity index (χ1v) is 7.01. The van der Waals surface area contributed by atoms with Gasteiger partial charge in [-0.05, 0) is 50.4 Å². The molecule has 1 aromatic carbocycles. The normalized spacial score (nSPS) is 15.7. The van der Waals surface area contributed by atoms with Crippen LogP contribution in [-0.2, 0) is 4.79 Å². The maximum atomic E-state index is 13.0. The van der Waals surface area contributed by atoms with E-state index < -0.39 is 16.4 Å². The van der Waals surface area contributed by atoms with Gasteiger partial charge in [-0.1, -0.05) is 0 Å². The molecule has 6 nitrogen and oxygen atoms in total. The Morgan fingerprint density at radius 2 is 2.14 bits per heavy atom. The van der Waals surface area contributed by atoms with Gasteiger partial charge in [-0.15, -0.1) is 0 Å². The first-order chi connectivity index (χ1) is 10.1. The number of anilines is 1. The molecule has 0 unspecified atom stereocenters. The highest BCUT2D eigenvalue weighted by Crippen LogP contribution is 2.25. The van der Waals surface area contributed by atoms with E-state index >= 15 is 0 Å². The van der Waals surface area contributed by atoms with Crippen LogP contribution in [0.1, 0.15) is 25.7 Å². The van der Waals surface area contributed by atoms with Crippen LogP contribution in [0.2, 0.25) is 0 Å². The molecule has 114 valence electrons. The molecule has 1 aromatic rings. The van der Waals surface area contributed by atoms with Crippen LogP contribution in [0.3, 0.4) is 0 Å². The minimum absolute atomic E-state index is 0.0386. The molecule has 1 saturated heterocycles. The number of rotatable bonds is 5. The molecule has 1 heterocycles. The average molecular weight is 295 g/mol. The molecule has 1 amide bonds. The number of carbonyl (C=O) groups is 1. The summed E-state index contributed by atoms with van der Waals surface area (Å²) in [5, 5.41) is 16.6. The Labute approximate surface area is 121 Å². The number of hydrogen-bond donors (Lipinski definition) is 2. The lowest BCUT2D eigenvalue weighted by molar-refractivity contribution is -0.384. The van der Waals surface area contributed by atoms with Crippen LogP contribution in [0.25, 0.3) is 0 Å². The number of hydrogen-bond acceptors (Lipinski definition) is 4. The molecule has 0 aliphatic carbocycles. The summed E-state index contributed by atoms with van der Waals surface area (Å²) in [7, 11) is 0. The van der Waals surface area contributed by atoms with E-state index in [9.17, 15) is 19.3 Å². The van der Waals surface area contributed by atoms with Crippen molar-refractivity contribution >= 4 is 17.3 Å². The number of benzene rings is 1. The van der Waals surface area contributed by atoms with Crippen molar-refractivity contribution in [2.24, 2.45) is 5.92 Å². The van der Waals surface area contributed by atoms with Crippen LogP contribution < -0.4 is 10.6 Å². The number of nitrogens with zero attached hydrogens (tertiary/aromatic N) is 1. The largest absolute Gasteiger partial charge is 0.320 e. The maximum absolute atomic E-state index is 13.0. The lowest BCUT2D eigenvalue weighted by Gasteiger charge is -2.22. The van der Waals surface area contributed by atoms with E-state index in [0.717, 1.165) is 44.5 Å². The highest BCUT2D eigenvalue weighted by Gasteiger charge is 2.18. The quantitative estimate of drug-likeness (QED) is 0.645. The van der Waals surface area contributed by atoms with Crippen molar-refractivity contribution in [1.82, 2.24) is 5.32 Å². The second-order valence-electron chi connectivity index (χ2n) is 5.20. The highest BCUT2D eigenvalue weighted by molar-refractivity contribution is 5.93. The van der Waals surface area contributed by atoms with Crippen molar-refractivity contribution in [3.8, 4) is 0 Å². The molecule has 21 heavy (non-hydrogen) atoms. The summed E-state index contributed by atoms with van der Waals surface area (Å²) in [6.45, 7) is 1.94. The molecule has 1 fully saturated rings. The van der Waals surface area contributed by atoms with Crippen LogP contribution in [0, 0.1) is 21.8 Å². The number of nitro benzene ring substituents is 1. The summed E-state index contributed by atoms with van der Waals surface area (Å²) in [6.07, 6.45) is 3.18. The molecule has 2 N–H and O–H groups in total. The lowest BCUT2D eigenvalue weighted by Crippen LogP contribution is -2.28. The van der Waals surface area contributed by atoms with Gasteiger partial charge < -0.3 is 10.6 Å². The Hall–Kier alpha value is -2.02. The summed E-state index contributed by atoms with van der Waals surface area (Å²) in [4.78, 5) is 22.0. The van der Waals surface area contributed by atoms with Crippen LogP contribution in [0.4, 0.5) is 15.8 Å². The Morgan fingerprint density at radius 3 is 2.81 bits per heavy atom. The second kappa shape index (κ2) is 7.12. The molecule has 1 aliphatic heterocycles. The minimum Gasteiger partial charge on any atom is -0.320 e. The highest BCUT2D eigenvalue weighted by atomic mass is 19.1. The van der Waals surface area contributed by atoms with Gasteiger partial charge in [0, 0.05) is 6.42 Å². The molecule has 0 atom stereocenters. The zero-order valence-electron chi connectivity index (χ0n) is 11.6. The molecule has 7 heteroatoms. The smallest absolute Gasteiger partial charge is 0.295 e. The van der Waals surface area contributed by atoms with Gasteiger partial charge >= 0.3 is 0 Å². The van der Waals surface area contributed by atoms with E-state index in [0.29, 0.717) is 12.3 Å². The number of halogens is 1. The SMILES string of the molecule is O=C(CCC1CCNCC1)Nc1ccc(F)cc1[N+](=O)[O-].